The van der Waals surface area contributed by atoms with Gasteiger partial charge in [0, 0.05) is 16.0 Å². The van der Waals surface area contributed by atoms with Crippen LogP contribution in [0.1, 0.15) is 33.3 Å². The molecule has 1 amide bonds. The molecule has 186 valence electrons. The van der Waals surface area contributed by atoms with Crippen LogP contribution in [0.2, 0.25) is 0 Å². The number of hydrogen-bond donors (Lipinski definition) is 1. The van der Waals surface area contributed by atoms with Crippen molar-refractivity contribution in [2.75, 3.05) is 10.7 Å². The molecule has 0 aliphatic carbocycles. The van der Waals surface area contributed by atoms with Crippen molar-refractivity contribution in [1.82, 2.24) is 19.9 Å². The van der Waals surface area contributed by atoms with Gasteiger partial charge in [0.25, 0.3) is 0 Å². The van der Waals surface area contributed by atoms with Crippen LogP contribution in [0.5, 0.6) is 5.75 Å². The number of carbonyl (C=O) groups excluding carboxylic acids is 1. The van der Waals surface area contributed by atoms with Gasteiger partial charge in [-0.1, -0.05) is 36.5 Å². The lowest BCUT2D eigenvalue weighted by atomic mass is 10.2. The number of benzene rings is 2. The van der Waals surface area contributed by atoms with Gasteiger partial charge in [0.15, 0.2) is 16.6 Å². The Kier molecular flexibility index (Phi) is 7.65. The molecule has 1 N–H and O–H groups in total. The Morgan fingerprint density at radius 1 is 1.08 bits per heavy atom. The Morgan fingerprint density at radius 3 is 2.53 bits per heavy atom. The third-order valence-electron chi connectivity index (χ3n) is 4.83. The summed E-state index contributed by atoms with van der Waals surface area (Å²) in [6, 6.07) is 12.8. The first-order valence-corrected chi connectivity index (χ1v) is 13.2. The number of nitrogens with zero attached hydrogens (tertiary/aromatic N) is 5. The van der Waals surface area contributed by atoms with Crippen molar-refractivity contribution in [2.24, 2.45) is 0 Å². The van der Waals surface area contributed by atoms with Crippen molar-refractivity contribution in [3.63, 3.8) is 0 Å². The molecule has 4 aromatic rings. The first kappa shape index (κ1) is 25.7. The zero-order valence-corrected chi connectivity index (χ0v) is 22.4. The SMILES string of the molecule is CCSc1ncc2c(N(C(=O)OC(C)(C)C)c3cc(C)ccc3Sc3ccc(O)cc3)ncnc2n1. The van der Waals surface area contributed by atoms with Gasteiger partial charge in [0.2, 0.25) is 0 Å². The van der Waals surface area contributed by atoms with Crippen LogP contribution in [0.4, 0.5) is 16.3 Å². The van der Waals surface area contributed by atoms with E-state index in [1.54, 1.807) is 18.3 Å². The number of aryl methyl sites for hydroxylation is 1. The van der Waals surface area contributed by atoms with Gasteiger partial charge in [-0.3, -0.25) is 0 Å². The molecule has 4 rings (SSSR count). The lowest BCUT2D eigenvalue weighted by Crippen LogP contribution is -2.34. The largest absolute Gasteiger partial charge is 0.508 e. The molecular formula is C26H27N5O3S2. The van der Waals surface area contributed by atoms with Gasteiger partial charge in [-0.2, -0.15) is 0 Å². The third kappa shape index (κ3) is 6.06. The van der Waals surface area contributed by atoms with Gasteiger partial charge in [-0.25, -0.2) is 29.6 Å². The summed E-state index contributed by atoms with van der Waals surface area (Å²) in [6.45, 7) is 9.45. The van der Waals surface area contributed by atoms with Crippen LogP contribution in [0, 0.1) is 6.92 Å². The molecule has 2 heterocycles. The number of carbonyl (C=O) groups is 1. The molecule has 2 aromatic heterocycles. The Morgan fingerprint density at radius 2 is 1.83 bits per heavy atom. The highest BCUT2D eigenvalue weighted by molar-refractivity contribution is 7.99. The maximum atomic E-state index is 13.7. The minimum Gasteiger partial charge on any atom is -0.508 e. The molecule has 2 aromatic carbocycles. The topological polar surface area (TPSA) is 101 Å². The first-order chi connectivity index (χ1) is 17.1. The smallest absolute Gasteiger partial charge is 0.420 e. The average molecular weight is 522 g/mol. The number of aromatic nitrogens is 4. The number of phenolic OH excluding ortho intramolecular Hbond substituents is 1. The summed E-state index contributed by atoms with van der Waals surface area (Å²) in [5, 5.41) is 10.8. The van der Waals surface area contributed by atoms with E-state index < -0.39 is 11.7 Å². The maximum Gasteiger partial charge on any atom is 0.420 e. The zero-order valence-electron chi connectivity index (χ0n) is 20.7. The van der Waals surface area contributed by atoms with Crippen LogP contribution >= 0.6 is 23.5 Å². The molecule has 0 atom stereocenters. The molecule has 36 heavy (non-hydrogen) atoms. The van der Waals surface area contributed by atoms with E-state index in [1.165, 1.54) is 34.8 Å². The van der Waals surface area contributed by atoms with Crippen LogP contribution in [-0.2, 0) is 4.74 Å². The molecular weight excluding hydrogens is 494 g/mol. The molecule has 0 aliphatic heterocycles. The molecule has 0 unspecified atom stereocenters. The van der Waals surface area contributed by atoms with E-state index in [2.05, 4.69) is 19.9 Å². The van der Waals surface area contributed by atoms with Crippen molar-refractivity contribution < 1.29 is 14.6 Å². The highest BCUT2D eigenvalue weighted by atomic mass is 32.2. The number of phenols is 1. The highest BCUT2D eigenvalue weighted by Gasteiger charge is 2.30. The van der Waals surface area contributed by atoms with Gasteiger partial charge < -0.3 is 9.84 Å². The van der Waals surface area contributed by atoms with E-state index in [1.807, 2.05) is 65.0 Å². The molecule has 0 spiro atoms. The number of rotatable bonds is 6. The van der Waals surface area contributed by atoms with Crippen molar-refractivity contribution in [3.05, 3.63) is 60.6 Å². The van der Waals surface area contributed by atoms with E-state index in [0.717, 1.165) is 21.1 Å². The Hall–Kier alpha value is -3.37. The Balaban J connectivity index is 1.89. The van der Waals surface area contributed by atoms with E-state index in [-0.39, 0.29) is 5.75 Å². The fraction of sp³-hybridized carbons (Fsp3) is 0.269. The molecule has 0 radical (unpaired) electrons. The fourth-order valence-electron chi connectivity index (χ4n) is 3.33. The van der Waals surface area contributed by atoms with Gasteiger partial charge in [0.05, 0.1) is 11.1 Å². The maximum absolute atomic E-state index is 13.7. The molecule has 0 fully saturated rings. The number of fused-ring (bicyclic) bond motifs is 1. The van der Waals surface area contributed by atoms with Gasteiger partial charge in [0.1, 0.15) is 17.7 Å². The fourth-order valence-corrected chi connectivity index (χ4v) is 4.79. The number of thioether (sulfide) groups is 1. The molecule has 10 heteroatoms. The average Bonchev–Trinajstić information content (AvgIpc) is 2.81. The summed E-state index contributed by atoms with van der Waals surface area (Å²) < 4.78 is 5.82. The van der Waals surface area contributed by atoms with Crippen LogP contribution in [-0.4, -0.2) is 42.5 Å². The van der Waals surface area contributed by atoms with Crippen molar-refractivity contribution in [3.8, 4) is 5.75 Å². The normalized spacial score (nSPS) is 11.5. The lowest BCUT2D eigenvalue weighted by Gasteiger charge is -2.28. The Bertz CT molecular complexity index is 1390. The van der Waals surface area contributed by atoms with E-state index in [0.29, 0.717) is 27.7 Å². The molecule has 8 nitrogen and oxygen atoms in total. The van der Waals surface area contributed by atoms with Crippen LogP contribution in [0.25, 0.3) is 11.0 Å². The van der Waals surface area contributed by atoms with Crippen molar-refractivity contribution >= 4 is 52.2 Å². The van der Waals surface area contributed by atoms with E-state index >= 15 is 0 Å². The molecule has 0 aliphatic rings. The summed E-state index contributed by atoms with van der Waals surface area (Å²) in [6.07, 6.45) is 2.47. The molecule has 0 saturated heterocycles. The van der Waals surface area contributed by atoms with Crippen LogP contribution in [0.3, 0.4) is 0 Å². The standard InChI is InChI=1S/C26H27N5O3S2/c1-6-35-24-27-14-19-22(30-24)28-15-29-23(19)31(25(33)34-26(3,4)5)20-13-16(2)7-12-21(20)36-18-10-8-17(32)9-11-18/h7-15,32H,6H2,1-5H3. The third-order valence-corrected chi connectivity index (χ3v) is 6.65. The summed E-state index contributed by atoms with van der Waals surface area (Å²) in [5.74, 6) is 1.35. The number of hydrogen-bond acceptors (Lipinski definition) is 9. The Labute approximate surface area is 218 Å². The van der Waals surface area contributed by atoms with Crippen LogP contribution in [0.15, 0.2) is 69.9 Å². The summed E-state index contributed by atoms with van der Waals surface area (Å²) in [4.78, 5) is 34.7. The second-order valence-electron chi connectivity index (χ2n) is 8.90. The number of amides is 1. The number of anilines is 2. The first-order valence-electron chi connectivity index (χ1n) is 11.4. The minimum atomic E-state index is -0.728. The van der Waals surface area contributed by atoms with Gasteiger partial charge in [-0.15, -0.1) is 0 Å². The predicted octanol–water partition coefficient (Wildman–Crippen LogP) is 6.77. The summed E-state index contributed by atoms with van der Waals surface area (Å²) in [5.41, 5.74) is 1.28. The van der Waals surface area contributed by atoms with Crippen LogP contribution < -0.4 is 4.90 Å². The summed E-state index contributed by atoms with van der Waals surface area (Å²) >= 11 is 2.98. The highest BCUT2D eigenvalue weighted by Crippen LogP contribution is 2.41. The van der Waals surface area contributed by atoms with Crippen molar-refractivity contribution in [1.29, 1.82) is 0 Å². The number of ether oxygens (including phenoxy) is 1. The molecule has 0 saturated carbocycles. The van der Waals surface area contributed by atoms with Crippen molar-refractivity contribution in [2.45, 2.75) is 55.2 Å². The quantitative estimate of drug-likeness (QED) is 0.217. The zero-order chi connectivity index (χ0) is 25.9. The summed E-state index contributed by atoms with van der Waals surface area (Å²) in [7, 11) is 0. The predicted molar refractivity (Wildman–Crippen MR) is 143 cm³/mol. The second-order valence-corrected chi connectivity index (χ2v) is 11.2. The lowest BCUT2D eigenvalue weighted by molar-refractivity contribution is 0.0598. The molecule has 0 bridgehead atoms. The van der Waals surface area contributed by atoms with E-state index in [4.69, 9.17) is 4.74 Å². The minimum absolute atomic E-state index is 0.187. The monoisotopic (exact) mass is 521 g/mol. The van der Waals surface area contributed by atoms with Gasteiger partial charge >= 0.3 is 6.09 Å². The second kappa shape index (κ2) is 10.7. The van der Waals surface area contributed by atoms with Gasteiger partial charge in [-0.05, 0) is 75.4 Å². The van der Waals surface area contributed by atoms with E-state index in [9.17, 15) is 9.90 Å². The number of aromatic hydroxyl groups is 1.